The van der Waals surface area contributed by atoms with E-state index in [4.69, 9.17) is 10.2 Å². The molecule has 1 rings (SSSR count). The molecule has 1 aromatic rings. The van der Waals surface area contributed by atoms with Crippen molar-refractivity contribution >= 4 is 5.97 Å². The molecule has 1 aromatic carbocycles. The Labute approximate surface area is 163 Å². The smallest absolute Gasteiger partial charge is 0.857 e. The summed E-state index contributed by atoms with van der Waals surface area (Å²) in [6, 6.07) is 10.5. The molecule has 0 bridgehead atoms. The van der Waals surface area contributed by atoms with E-state index in [-0.39, 0.29) is 27.7 Å². The Balaban J connectivity index is -0.000000316. The average molecular weight is 510 g/mol. The number of hydrogen-bond acceptors (Lipinski definition) is 2. The minimum atomic E-state index is -0.675. The van der Waals surface area contributed by atoms with Gasteiger partial charge in [0.1, 0.15) is 0 Å². The van der Waals surface area contributed by atoms with Gasteiger partial charge in [0.05, 0.1) is 0 Å². The van der Waals surface area contributed by atoms with E-state index in [1.54, 1.807) is 0 Å². The molecule has 4 heteroatoms. The molecule has 1 radical (unpaired) electrons. The van der Waals surface area contributed by atoms with Crippen LogP contribution in [0.3, 0.4) is 0 Å². The Kier molecular flexibility index (Phi) is 21.4. The molecule has 0 aliphatic rings. The molecule has 0 atom stereocenters. The minimum absolute atomic E-state index is 0. The van der Waals surface area contributed by atoms with E-state index < -0.39 is 5.97 Å². The van der Waals surface area contributed by atoms with Crippen LogP contribution in [-0.4, -0.2) is 18.2 Å². The van der Waals surface area contributed by atoms with Crippen molar-refractivity contribution in [2.45, 2.75) is 66.2 Å². The van der Waals surface area contributed by atoms with Crippen LogP contribution in [0, 0.1) is 5.41 Å². The Morgan fingerprint density at radius 3 is 1.91 bits per heavy atom. The third-order valence-corrected chi connectivity index (χ3v) is 3.07. The second kappa shape index (κ2) is 17.9. The molecule has 0 heterocycles. The van der Waals surface area contributed by atoms with Crippen LogP contribution in [-0.2, 0) is 38.9 Å². The Morgan fingerprint density at radius 1 is 1.04 bits per heavy atom. The van der Waals surface area contributed by atoms with Crippen LogP contribution in [0.2, 0.25) is 0 Å². The van der Waals surface area contributed by atoms with Crippen LogP contribution >= 0.6 is 0 Å². The van der Waals surface area contributed by atoms with Gasteiger partial charge in [-0.2, -0.15) is 7.11 Å². The molecule has 0 fully saturated rings. The number of unbranched alkanes of at least 4 members (excludes halogenated alkanes) is 2. The first-order chi connectivity index (χ1) is 10.3. The van der Waals surface area contributed by atoms with Crippen molar-refractivity contribution in [1.29, 1.82) is 0 Å². The van der Waals surface area contributed by atoms with E-state index in [2.05, 4.69) is 52.0 Å². The molecule has 0 saturated heterocycles. The molecule has 0 aliphatic carbocycles. The van der Waals surface area contributed by atoms with Gasteiger partial charge in [0.15, 0.2) is 0 Å². The van der Waals surface area contributed by atoms with Gasteiger partial charge in [0.2, 0.25) is 0 Å². The van der Waals surface area contributed by atoms with Crippen molar-refractivity contribution in [2.24, 2.45) is 5.41 Å². The third kappa shape index (κ3) is 24.0. The van der Waals surface area contributed by atoms with Gasteiger partial charge in [-0.25, -0.2) is 0 Å². The summed E-state index contributed by atoms with van der Waals surface area (Å²) in [5, 5.41) is 16.6. The van der Waals surface area contributed by atoms with Gasteiger partial charge in [0.25, 0.3) is 0 Å². The molecule has 1 N–H and O–H groups in total. The van der Waals surface area contributed by atoms with Crippen molar-refractivity contribution in [2.75, 3.05) is 7.11 Å². The molecule has 0 amide bonds. The van der Waals surface area contributed by atoms with Crippen LogP contribution in [0.4, 0.5) is 0 Å². The number of benzene rings is 1. The van der Waals surface area contributed by atoms with E-state index in [1.807, 2.05) is 6.07 Å². The van der Waals surface area contributed by atoms with Crippen LogP contribution in [0.5, 0.6) is 0 Å². The van der Waals surface area contributed by atoms with E-state index >= 15 is 0 Å². The van der Waals surface area contributed by atoms with Crippen molar-refractivity contribution in [3.63, 3.8) is 0 Å². The maximum absolute atomic E-state index is 10.2. The van der Waals surface area contributed by atoms with Gasteiger partial charge in [0, 0.05) is 6.42 Å². The molecule has 0 spiro atoms. The summed E-state index contributed by atoms with van der Waals surface area (Å²) < 4.78 is 0. The maximum Gasteiger partial charge on any atom is 1.00 e. The largest absolute Gasteiger partial charge is 1.00 e. The van der Waals surface area contributed by atoms with Crippen molar-refractivity contribution in [3.8, 4) is 0 Å². The van der Waals surface area contributed by atoms with Gasteiger partial charge in [-0.15, -0.1) is 0 Å². The summed E-state index contributed by atoms with van der Waals surface area (Å²) in [6.07, 6.45) is 5.67. The number of hydrogen-bond donors (Lipinski definition) is 1. The first-order valence-corrected chi connectivity index (χ1v) is 8.01. The van der Waals surface area contributed by atoms with Gasteiger partial charge >= 0.3 is 33.6 Å². The fraction of sp³-hybridized carbons (Fsp3) is 0.632. The topological polar surface area (TPSA) is 60.4 Å². The number of rotatable bonds is 6. The van der Waals surface area contributed by atoms with Gasteiger partial charge in [-0.3, -0.25) is 4.79 Å². The number of aryl methyl sites for hydroxylation is 1. The fourth-order valence-electron chi connectivity index (χ4n) is 1.82. The molecule has 129 valence electrons. The third-order valence-electron chi connectivity index (χ3n) is 3.07. The molecule has 3 nitrogen and oxygen atoms in total. The monoisotopic (exact) mass is 511 g/mol. The summed E-state index contributed by atoms with van der Waals surface area (Å²) in [7, 11) is 0.750. The zero-order valence-electron chi connectivity index (χ0n) is 15.6. The predicted octanol–water partition coefficient (Wildman–Crippen LogP) is 4.29. The van der Waals surface area contributed by atoms with E-state index in [9.17, 15) is 4.79 Å². The zero-order chi connectivity index (χ0) is 17.4. The summed E-state index contributed by atoms with van der Waals surface area (Å²) in [5.41, 5.74) is 1.80. The fourth-order valence-corrected chi connectivity index (χ4v) is 1.82. The summed E-state index contributed by atoms with van der Waals surface area (Å²) in [6.45, 7) is 8.80. The Morgan fingerprint density at radius 2 is 1.57 bits per heavy atom. The van der Waals surface area contributed by atoms with Crippen LogP contribution in [0.15, 0.2) is 30.3 Å². The molecule has 0 aromatic heterocycles. The van der Waals surface area contributed by atoms with Crippen molar-refractivity contribution in [3.05, 3.63) is 35.9 Å². The molecule has 0 aliphatic heterocycles. The zero-order valence-corrected chi connectivity index (χ0v) is 21.1. The SMILES string of the molecule is CC(C)(C)CCCCCC(=O)O.CCc1ccccc1.C[O-].[Hg+]. The van der Waals surface area contributed by atoms with E-state index in [1.165, 1.54) is 12.0 Å². The standard InChI is InChI=1S/C10H20O2.C8H10.CH3O.Hg/c1-10(2,3)8-6-4-5-7-9(11)12;1-2-8-6-4-3-5-7-8;1-2;/h4-8H2,1-3H3,(H,11,12);3-7H,2H2,1H3;1H3;/q;;-1;+1. The van der Waals surface area contributed by atoms with Crippen LogP contribution < -0.4 is 5.11 Å². The predicted molar refractivity (Wildman–Crippen MR) is 91.9 cm³/mol. The van der Waals surface area contributed by atoms with Crippen LogP contribution in [0.1, 0.15) is 65.4 Å². The first kappa shape index (κ1) is 27.4. The van der Waals surface area contributed by atoms with Crippen molar-refractivity contribution < 1.29 is 42.7 Å². The van der Waals surface area contributed by atoms with E-state index in [0.717, 1.165) is 32.8 Å². The maximum atomic E-state index is 10.2. The van der Waals surface area contributed by atoms with Crippen LogP contribution in [0.25, 0.3) is 0 Å². The molecule has 0 saturated carbocycles. The van der Waals surface area contributed by atoms with Crippen molar-refractivity contribution in [1.82, 2.24) is 0 Å². The Bertz CT molecular complexity index is 359. The summed E-state index contributed by atoms with van der Waals surface area (Å²) in [4.78, 5) is 10.2. The molecule has 0 unspecified atom stereocenters. The molecular weight excluding hydrogens is 477 g/mol. The van der Waals surface area contributed by atoms with Gasteiger partial charge in [-0.05, 0) is 30.2 Å². The Hall–Kier alpha value is -0.415. The second-order valence-corrected chi connectivity index (χ2v) is 6.35. The first-order valence-electron chi connectivity index (χ1n) is 8.01. The number of carboxylic acids is 1. The average Bonchev–Trinajstić information content (AvgIpc) is 2.49. The van der Waals surface area contributed by atoms with E-state index in [0.29, 0.717) is 11.8 Å². The second-order valence-electron chi connectivity index (χ2n) is 6.35. The van der Waals surface area contributed by atoms with Gasteiger partial charge in [-0.1, -0.05) is 70.9 Å². The molecular formula is C19H33HgO3. The normalized spacial score (nSPS) is 9.48. The summed E-state index contributed by atoms with van der Waals surface area (Å²) in [5.74, 6) is -0.675. The quantitative estimate of drug-likeness (QED) is 0.459. The number of carbonyl (C=O) groups is 1. The van der Waals surface area contributed by atoms with Gasteiger partial charge < -0.3 is 10.2 Å². The summed E-state index contributed by atoms with van der Waals surface area (Å²) >= 11 is 0. The number of carboxylic acid groups (broad SMARTS) is 1. The minimum Gasteiger partial charge on any atom is -0.857 e. The molecule has 23 heavy (non-hydrogen) atoms. The number of aliphatic carboxylic acids is 1.